The van der Waals surface area contributed by atoms with Gasteiger partial charge in [-0.25, -0.2) is 0 Å². The van der Waals surface area contributed by atoms with Crippen molar-refractivity contribution in [2.45, 2.75) is 64.9 Å². The SMILES string of the molecule is CCCCCCCCOC(C)(C)C[N+](C)(C)C.[Cl-]. The van der Waals surface area contributed by atoms with Gasteiger partial charge in [0.2, 0.25) is 0 Å². The van der Waals surface area contributed by atoms with Crippen LogP contribution in [0.2, 0.25) is 0 Å². The quantitative estimate of drug-likeness (QED) is 0.426. The molecule has 0 aliphatic heterocycles. The number of unbranched alkanes of at least 4 members (excludes halogenated alkanes) is 5. The van der Waals surface area contributed by atoms with E-state index < -0.39 is 0 Å². The fourth-order valence-corrected chi connectivity index (χ4v) is 2.42. The first kappa shape index (κ1) is 20.5. The molecule has 0 saturated carbocycles. The van der Waals surface area contributed by atoms with Crippen LogP contribution in [0.25, 0.3) is 0 Å². The Labute approximate surface area is 121 Å². The molecular formula is C15H34ClNO. The molecule has 0 unspecified atom stereocenters. The maximum atomic E-state index is 6.00. The first-order chi connectivity index (χ1) is 7.77. The largest absolute Gasteiger partial charge is 1.00 e. The van der Waals surface area contributed by atoms with Crippen LogP contribution in [0.15, 0.2) is 0 Å². The zero-order valence-corrected chi connectivity index (χ0v) is 14.1. The third kappa shape index (κ3) is 14.3. The number of quaternary nitrogens is 1. The summed E-state index contributed by atoms with van der Waals surface area (Å²) in [6.07, 6.45) is 8.00. The molecule has 0 rings (SSSR count). The maximum Gasteiger partial charge on any atom is 0.111 e. The van der Waals surface area contributed by atoms with E-state index in [0.717, 1.165) is 17.6 Å². The van der Waals surface area contributed by atoms with E-state index >= 15 is 0 Å². The second kappa shape index (κ2) is 10.1. The molecule has 112 valence electrons. The zero-order chi connectivity index (χ0) is 13.4. The van der Waals surface area contributed by atoms with E-state index in [0.29, 0.717) is 0 Å². The number of rotatable bonds is 10. The summed E-state index contributed by atoms with van der Waals surface area (Å²) in [7, 11) is 6.65. The van der Waals surface area contributed by atoms with Crippen LogP contribution in [0, 0.1) is 0 Å². The lowest BCUT2D eigenvalue weighted by atomic mass is 10.1. The number of hydrogen-bond donors (Lipinski definition) is 0. The van der Waals surface area contributed by atoms with Gasteiger partial charge in [-0.3, -0.25) is 0 Å². The molecule has 18 heavy (non-hydrogen) atoms. The van der Waals surface area contributed by atoms with E-state index in [1.54, 1.807) is 0 Å². The minimum Gasteiger partial charge on any atom is -1.00 e. The Balaban J connectivity index is 0. The molecule has 2 nitrogen and oxygen atoms in total. The summed E-state index contributed by atoms with van der Waals surface area (Å²) in [5.41, 5.74) is 0.00166. The lowest BCUT2D eigenvalue weighted by Crippen LogP contribution is -3.00. The summed E-state index contributed by atoms with van der Waals surface area (Å²) in [5.74, 6) is 0. The average Bonchev–Trinajstić information content (AvgIpc) is 2.12. The van der Waals surface area contributed by atoms with Crippen LogP contribution in [-0.4, -0.2) is 44.4 Å². The summed E-state index contributed by atoms with van der Waals surface area (Å²) < 4.78 is 6.96. The van der Waals surface area contributed by atoms with Crippen molar-refractivity contribution in [1.29, 1.82) is 0 Å². The van der Waals surface area contributed by atoms with E-state index in [9.17, 15) is 0 Å². The van der Waals surface area contributed by atoms with Gasteiger partial charge in [-0.1, -0.05) is 39.0 Å². The summed E-state index contributed by atoms with van der Waals surface area (Å²) in [6, 6.07) is 0. The smallest absolute Gasteiger partial charge is 0.111 e. The maximum absolute atomic E-state index is 6.00. The number of ether oxygens (including phenoxy) is 1. The molecular weight excluding hydrogens is 246 g/mol. The minimum atomic E-state index is 0. The van der Waals surface area contributed by atoms with Crippen LogP contribution < -0.4 is 12.4 Å². The molecule has 0 spiro atoms. The van der Waals surface area contributed by atoms with Crippen molar-refractivity contribution >= 4 is 0 Å². The average molecular weight is 280 g/mol. The minimum absolute atomic E-state index is 0. The van der Waals surface area contributed by atoms with Gasteiger partial charge in [0.15, 0.2) is 0 Å². The van der Waals surface area contributed by atoms with E-state index in [1.807, 2.05) is 0 Å². The standard InChI is InChI=1S/C15H34NO.ClH/c1-7-8-9-10-11-12-13-17-15(2,3)14-16(4,5)6;/h7-14H2,1-6H3;1H/q+1;/p-1. The highest BCUT2D eigenvalue weighted by Crippen LogP contribution is 2.14. The summed E-state index contributed by atoms with van der Waals surface area (Å²) >= 11 is 0. The highest BCUT2D eigenvalue weighted by Gasteiger charge is 2.26. The van der Waals surface area contributed by atoms with Gasteiger partial charge in [-0.05, 0) is 20.3 Å². The van der Waals surface area contributed by atoms with Crippen molar-refractivity contribution in [3.63, 3.8) is 0 Å². The second-order valence-corrected chi connectivity index (χ2v) is 6.82. The summed E-state index contributed by atoms with van der Waals surface area (Å²) in [5, 5.41) is 0. The Kier molecular flexibility index (Phi) is 11.5. The Hall–Kier alpha value is 0.210. The van der Waals surface area contributed by atoms with Crippen LogP contribution >= 0.6 is 0 Å². The second-order valence-electron chi connectivity index (χ2n) is 6.82. The molecule has 0 heterocycles. The topological polar surface area (TPSA) is 9.23 Å². The zero-order valence-electron chi connectivity index (χ0n) is 13.4. The van der Waals surface area contributed by atoms with Gasteiger partial charge in [0.25, 0.3) is 0 Å². The van der Waals surface area contributed by atoms with Gasteiger partial charge in [0, 0.05) is 6.61 Å². The Morgan fingerprint density at radius 2 is 1.39 bits per heavy atom. The molecule has 0 fully saturated rings. The van der Waals surface area contributed by atoms with Crippen LogP contribution in [0.1, 0.15) is 59.3 Å². The molecule has 0 aromatic heterocycles. The van der Waals surface area contributed by atoms with Gasteiger partial charge in [-0.2, -0.15) is 0 Å². The monoisotopic (exact) mass is 279 g/mol. The molecule has 0 aliphatic carbocycles. The van der Waals surface area contributed by atoms with E-state index in [2.05, 4.69) is 41.9 Å². The van der Waals surface area contributed by atoms with E-state index in [-0.39, 0.29) is 18.0 Å². The molecule has 0 N–H and O–H groups in total. The van der Waals surface area contributed by atoms with Crippen LogP contribution in [0.5, 0.6) is 0 Å². The van der Waals surface area contributed by atoms with E-state index in [4.69, 9.17) is 4.74 Å². The van der Waals surface area contributed by atoms with Crippen molar-refractivity contribution in [1.82, 2.24) is 0 Å². The fourth-order valence-electron chi connectivity index (χ4n) is 2.42. The highest BCUT2D eigenvalue weighted by atomic mass is 35.5. The Morgan fingerprint density at radius 3 is 1.89 bits per heavy atom. The third-order valence-corrected chi connectivity index (χ3v) is 2.85. The van der Waals surface area contributed by atoms with Crippen molar-refractivity contribution < 1.29 is 21.6 Å². The van der Waals surface area contributed by atoms with Crippen LogP contribution in [0.4, 0.5) is 0 Å². The normalized spacial score (nSPS) is 12.3. The summed E-state index contributed by atoms with van der Waals surface area (Å²) in [4.78, 5) is 0. The number of hydrogen-bond acceptors (Lipinski definition) is 1. The molecule has 0 saturated heterocycles. The van der Waals surface area contributed by atoms with Crippen LogP contribution in [0.3, 0.4) is 0 Å². The van der Waals surface area contributed by atoms with Gasteiger partial charge in [-0.15, -0.1) is 0 Å². The number of likely N-dealkylation sites (N-methyl/N-ethyl adjacent to an activating group) is 1. The molecule has 0 aliphatic rings. The molecule has 0 amide bonds. The highest BCUT2D eigenvalue weighted by molar-refractivity contribution is 4.67. The Bertz CT molecular complexity index is 187. The Morgan fingerprint density at radius 1 is 0.889 bits per heavy atom. The van der Waals surface area contributed by atoms with Crippen LogP contribution in [-0.2, 0) is 4.74 Å². The first-order valence-corrected chi connectivity index (χ1v) is 7.21. The molecule has 0 bridgehead atoms. The van der Waals surface area contributed by atoms with Gasteiger partial charge in [0.05, 0.1) is 21.1 Å². The molecule has 0 aromatic carbocycles. The lowest BCUT2D eigenvalue weighted by molar-refractivity contribution is -0.876. The first-order valence-electron chi connectivity index (χ1n) is 7.21. The van der Waals surface area contributed by atoms with Crippen molar-refractivity contribution in [3.05, 3.63) is 0 Å². The number of nitrogens with zero attached hydrogens (tertiary/aromatic N) is 1. The lowest BCUT2D eigenvalue weighted by Gasteiger charge is -2.34. The van der Waals surface area contributed by atoms with Gasteiger partial charge in [0.1, 0.15) is 12.1 Å². The van der Waals surface area contributed by atoms with Crippen molar-refractivity contribution in [2.24, 2.45) is 0 Å². The van der Waals surface area contributed by atoms with Gasteiger partial charge >= 0.3 is 0 Å². The molecule has 0 atom stereocenters. The fraction of sp³-hybridized carbons (Fsp3) is 1.00. The molecule has 0 aromatic rings. The van der Waals surface area contributed by atoms with Crippen molar-refractivity contribution in [3.8, 4) is 0 Å². The molecule has 0 radical (unpaired) electrons. The molecule has 3 heteroatoms. The van der Waals surface area contributed by atoms with Gasteiger partial charge < -0.3 is 21.6 Å². The predicted octanol–water partition coefficient (Wildman–Crippen LogP) is 0.852. The summed E-state index contributed by atoms with van der Waals surface area (Å²) in [6.45, 7) is 8.64. The third-order valence-electron chi connectivity index (χ3n) is 2.85. The predicted molar refractivity (Wildman–Crippen MR) is 76.3 cm³/mol. The van der Waals surface area contributed by atoms with E-state index in [1.165, 1.54) is 38.5 Å². The number of halogens is 1. The van der Waals surface area contributed by atoms with Crippen molar-refractivity contribution in [2.75, 3.05) is 34.3 Å².